The average molecular weight is 330 g/mol. The summed E-state index contributed by atoms with van der Waals surface area (Å²) < 4.78 is 0. The van der Waals surface area contributed by atoms with Crippen LogP contribution in [0.3, 0.4) is 0 Å². The molecule has 2 N–H and O–H groups in total. The quantitative estimate of drug-likeness (QED) is 0.881. The van der Waals surface area contributed by atoms with Crippen LogP contribution >= 0.6 is 11.6 Å². The zero-order valence-corrected chi connectivity index (χ0v) is 13.7. The molecule has 2 aromatic carbocycles. The van der Waals surface area contributed by atoms with Gasteiger partial charge in [0, 0.05) is 49.0 Å². The standard InChI is InChI=1S/C18H20ClN3O/c19-16-3-1-2-14(12-16)13-21-8-10-22(11-9-21)18(23)15-4-6-17(20)7-5-15/h1-7,12H,8-11,13,20H2. The van der Waals surface area contributed by atoms with Crippen LogP contribution in [0.25, 0.3) is 0 Å². The third-order valence-electron chi connectivity index (χ3n) is 4.11. The summed E-state index contributed by atoms with van der Waals surface area (Å²) in [6.45, 7) is 4.08. The molecule has 4 nitrogen and oxygen atoms in total. The summed E-state index contributed by atoms with van der Waals surface area (Å²) in [5, 5.41) is 0.764. The van der Waals surface area contributed by atoms with Crippen molar-refractivity contribution in [1.29, 1.82) is 0 Å². The molecule has 0 radical (unpaired) electrons. The van der Waals surface area contributed by atoms with E-state index in [-0.39, 0.29) is 5.91 Å². The molecule has 1 amide bonds. The number of benzene rings is 2. The van der Waals surface area contributed by atoms with E-state index in [1.165, 1.54) is 5.56 Å². The van der Waals surface area contributed by atoms with Gasteiger partial charge in [-0.1, -0.05) is 23.7 Å². The summed E-state index contributed by atoms with van der Waals surface area (Å²) in [7, 11) is 0. The molecule has 120 valence electrons. The fraction of sp³-hybridized carbons (Fsp3) is 0.278. The zero-order chi connectivity index (χ0) is 16.2. The molecule has 0 spiro atoms. The van der Waals surface area contributed by atoms with Crippen LogP contribution in [0.1, 0.15) is 15.9 Å². The first-order chi connectivity index (χ1) is 11.1. The topological polar surface area (TPSA) is 49.6 Å². The number of carbonyl (C=O) groups is 1. The Morgan fingerprint density at radius 3 is 2.39 bits per heavy atom. The Balaban J connectivity index is 1.55. The molecule has 0 aromatic heterocycles. The van der Waals surface area contributed by atoms with Crippen LogP contribution in [-0.2, 0) is 6.54 Å². The van der Waals surface area contributed by atoms with E-state index in [1.807, 2.05) is 23.1 Å². The van der Waals surface area contributed by atoms with Crippen molar-refractivity contribution in [3.63, 3.8) is 0 Å². The van der Waals surface area contributed by atoms with Crippen molar-refractivity contribution in [3.8, 4) is 0 Å². The van der Waals surface area contributed by atoms with Gasteiger partial charge < -0.3 is 10.6 Å². The van der Waals surface area contributed by atoms with Crippen LogP contribution in [0.15, 0.2) is 48.5 Å². The number of carbonyl (C=O) groups excluding carboxylic acids is 1. The van der Waals surface area contributed by atoms with Crippen LogP contribution in [0.5, 0.6) is 0 Å². The monoisotopic (exact) mass is 329 g/mol. The highest BCUT2D eigenvalue weighted by atomic mass is 35.5. The second kappa shape index (κ2) is 7.02. The van der Waals surface area contributed by atoms with Crippen LogP contribution in [-0.4, -0.2) is 41.9 Å². The van der Waals surface area contributed by atoms with Gasteiger partial charge in [-0.25, -0.2) is 0 Å². The Morgan fingerprint density at radius 1 is 1.04 bits per heavy atom. The molecule has 0 saturated carbocycles. The number of hydrogen-bond donors (Lipinski definition) is 1. The molecule has 3 rings (SSSR count). The number of amides is 1. The number of nitrogens with zero attached hydrogens (tertiary/aromatic N) is 2. The van der Waals surface area contributed by atoms with Gasteiger partial charge in [0.25, 0.3) is 5.91 Å². The number of piperazine rings is 1. The maximum absolute atomic E-state index is 12.5. The van der Waals surface area contributed by atoms with Gasteiger partial charge in [0.1, 0.15) is 0 Å². The molecule has 0 unspecified atom stereocenters. The Kier molecular flexibility index (Phi) is 4.84. The van der Waals surface area contributed by atoms with Crippen molar-refractivity contribution in [1.82, 2.24) is 9.80 Å². The Bertz CT molecular complexity index is 679. The Hall–Kier alpha value is -2.04. The van der Waals surface area contributed by atoms with E-state index in [0.717, 1.165) is 37.7 Å². The van der Waals surface area contributed by atoms with Crippen molar-refractivity contribution in [2.24, 2.45) is 0 Å². The first kappa shape index (κ1) is 15.8. The largest absolute Gasteiger partial charge is 0.399 e. The van der Waals surface area contributed by atoms with Gasteiger partial charge in [-0.2, -0.15) is 0 Å². The predicted molar refractivity (Wildman–Crippen MR) is 93.5 cm³/mol. The van der Waals surface area contributed by atoms with Crippen molar-refractivity contribution < 1.29 is 4.79 Å². The second-order valence-electron chi connectivity index (χ2n) is 5.82. The molecule has 1 fully saturated rings. The van der Waals surface area contributed by atoms with E-state index in [4.69, 9.17) is 17.3 Å². The lowest BCUT2D eigenvalue weighted by Gasteiger charge is -2.34. The molecule has 5 heteroatoms. The van der Waals surface area contributed by atoms with E-state index in [0.29, 0.717) is 11.3 Å². The number of hydrogen-bond acceptors (Lipinski definition) is 3. The summed E-state index contributed by atoms with van der Waals surface area (Å²) >= 11 is 6.03. The molecule has 1 aliphatic heterocycles. The van der Waals surface area contributed by atoms with Crippen molar-refractivity contribution >= 4 is 23.2 Å². The van der Waals surface area contributed by atoms with Crippen LogP contribution in [0.4, 0.5) is 5.69 Å². The molecular weight excluding hydrogens is 310 g/mol. The first-order valence-electron chi connectivity index (χ1n) is 7.73. The third kappa shape index (κ3) is 4.03. The lowest BCUT2D eigenvalue weighted by atomic mass is 10.1. The Morgan fingerprint density at radius 2 is 1.74 bits per heavy atom. The first-order valence-corrected chi connectivity index (χ1v) is 8.11. The molecule has 2 aromatic rings. The fourth-order valence-corrected chi connectivity index (χ4v) is 3.02. The van der Waals surface area contributed by atoms with Gasteiger partial charge in [0.2, 0.25) is 0 Å². The molecule has 1 heterocycles. The summed E-state index contributed by atoms with van der Waals surface area (Å²) in [6, 6.07) is 15.0. The van der Waals surface area contributed by atoms with E-state index in [1.54, 1.807) is 24.3 Å². The molecule has 0 aliphatic carbocycles. The Labute approximate surface area is 141 Å². The van der Waals surface area contributed by atoms with E-state index < -0.39 is 0 Å². The molecule has 1 saturated heterocycles. The van der Waals surface area contributed by atoms with Crippen LogP contribution < -0.4 is 5.73 Å². The summed E-state index contributed by atoms with van der Waals surface area (Å²) in [5.41, 5.74) is 8.24. The minimum atomic E-state index is 0.0763. The fourth-order valence-electron chi connectivity index (χ4n) is 2.81. The predicted octanol–water partition coefficient (Wildman–Crippen LogP) is 2.88. The minimum Gasteiger partial charge on any atom is -0.399 e. The van der Waals surface area contributed by atoms with Gasteiger partial charge in [-0.3, -0.25) is 9.69 Å². The van der Waals surface area contributed by atoms with Crippen molar-refractivity contribution in [2.75, 3.05) is 31.9 Å². The van der Waals surface area contributed by atoms with E-state index >= 15 is 0 Å². The van der Waals surface area contributed by atoms with Crippen molar-refractivity contribution in [3.05, 3.63) is 64.7 Å². The highest BCUT2D eigenvalue weighted by Crippen LogP contribution is 2.15. The van der Waals surface area contributed by atoms with Gasteiger partial charge in [-0.15, -0.1) is 0 Å². The van der Waals surface area contributed by atoms with E-state index in [2.05, 4.69) is 11.0 Å². The van der Waals surface area contributed by atoms with Gasteiger partial charge in [0.15, 0.2) is 0 Å². The normalized spacial score (nSPS) is 15.6. The van der Waals surface area contributed by atoms with Gasteiger partial charge >= 0.3 is 0 Å². The van der Waals surface area contributed by atoms with Gasteiger partial charge in [0.05, 0.1) is 0 Å². The smallest absolute Gasteiger partial charge is 0.253 e. The highest BCUT2D eigenvalue weighted by molar-refractivity contribution is 6.30. The number of nitrogens with two attached hydrogens (primary N) is 1. The number of anilines is 1. The lowest BCUT2D eigenvalue weighted by molar-refractivity contribution is 0.0628. The summed E-state index contributed by atoms with van der Waals surface area (Å²) in [6.07, 6.45) is 0. The number of rotatable bonds is 3. The van der Waals surface area contributed by atoms with Gasteiger partial charge in [-0.05, 0) is 42.0 Å². The zero-order valence-electron chi connectivity index (χ0n) is 12.9. The maximum Gasteiger partial charge on any atom is 0.253 e. The lowest BCUT2D eigenvalue weighted by Crippen LogP contribution is -2.48. The number of nitrogen functional groups attached to an aromatic ring is 1. The summed E-state index contributed by atoms with van der Waals surface area (Å²) in [5.74, 6) is 0.0763. The molecule has 0 atom stereocenters. The van der Waals surface area contributed by atoms with Crippen LogP contribution in [0, 0.1) is 0 Å². The third-order valence-corrected chi connectivity index (χ3v) is 4.35. The van der Waals surface area contributed by atoms with Crippen LogP contribution in [0.2, 0.25) is 5.02 Å². The maximum atomic E-state index is 12.5. The molecule has 1 aliphatic rings. The average Bonchev–Trinajstić information content (AvgIpc) is 2.56. The number of halogens is 1. The summed E-state index contributed by atoms with van der Waals surface area (Å²) in [4.78, 5) is 16.7. The minimum absolute atomic E-state index is 0.0763. The molecule has 0 bridgehead atoms. The molecular formula is C18H20ClN3O. The molecule has 23 heavy (non-hydrogen) atoms. The second-order valence-corrected chi connectivity index (χ2v) is 6.26. The highest BCUT2D eigenvalue weighted by Gasteiger charge is 2.22. The SMILES string of the molecule is Nc1ccc(C(=O)N2CCN(Cc3cccc(Cl)c3)CC2)cc1. The van der Waals surface area contributed by atoms with Crippen molar-refractivity contribution in [2.45, 2.75) is 6.54 Å². The van der Waals surface area contributed by atoms with E-state index in [9.17, 15) is 4.79 Å².